The van der Waals surface area contributed by atoms with Crippen LogP contribution in [0.2, 0.25) is 0 Å². The number of fused-ring (bicyclic) bond motifs is 8. The fourth-order valence-electron chi connectivity index (χ4n) is 6.23. The van der Waals surface area contributed by atoms with Crippen LogP contribution < -0.4 is 4.90 Å². The number of anilines is 3. The lowest BCUT2D eigenvalue weighted by Crippen LogP contribution is -2.09. The van der Waals surface area contributed by atoms with Crippen molar-refractivity contribution < 1.29 is 4.42 Å². The first-order valence-electron chi connectivity index (χ1n) is 14.4. The summed E-state index contributed by atoms with van der Waals surface area (Å²) in [6, 6.07) is 51.3. The minimum absolute atomic E-state index is 0.893. The van der Waals surface area contributed by atoms with Crippen LogP contribution in [0, 0.1) is 0 Å². The third-order valence-electron chi connectivity index (χ3n) is 8.28. The minimum atomic E-state index is 0.893. The molecule has 3 nitrogen and oxygen atoms in total. The zero-order valence-corrected chi connectivity index (χ0v) is 23.9. The van der Waals surface area contributed by atoms with Crippen LogP contribution in [0.15, 0.2) is 150 Å². The number of furan rings is 1. The summed E-state index contributed by atoms with van der Waals surface area (Å²) in [6.07, 6.45) is 0. The van der Waals surface area contributed by atoms with Gasteiger partial charge in [-0.15, -0.1) is 11.3 Å². The molecular formula is C39H24N2OS. The average Bonchev–Trinajstić information content (AvgIpc) is 3.68. The number of nitrogens with zero attached hydrogens (tertiary/aromatic N) is 2. The molecule has 0 aliphatic rings. The van der Waals surface area contributed by atoms with E-state index >= 15 is 0 Å². The van der Waals surface area contributed by atoms with E-state index in [4.69, 9.17) is 9.40 Å². The van der Waals surface area contributed by atoms with Crippen molar-refractivity contribution in [2.45, 2.75) is 0 Å². The average molecular weight is 569 g/mol. The molecule has 0 amide bonds. The number of rotatable bonds is 4. The van der Waals surface area contributed by atoms with Gasteiger partial charge in [-0.1, -0.05) is 78.9 Å². The van der Waals surface area contributed by atoms with Crippen molar-refractivity contribution in [3.63, 3.8) is 0 Å². The molecule has 9 aromatic rings. The van der Waals surface area contributed by atoms with Crippen molar-refractivity contribution in [1.29, 1.82) is 0 Å². The smallest absolute Gasteiger partial charge is 0.135 e. The van der Waals surface area contributed by atoms with Crippen LogP contribution in [0.1, 0.15) is 0 Å². The molecule has 0 saturated carbocycles. The Hall–Kier alpha value is -5.45. The second kappa shape index (κ2) is 9.55. The first-order chi connectivity index (χ1) is 21.3. The molecule has 43 heavy (non-hydrogen) atoms. The van der Waals surface area contributed by atoms with Gasteiger partial charge < -0.3 is 9.32 Å². The van der Waals surface area contributed by atoms with Crippen molar-refractivity contribution in [1.82, 2.24) is 4.98 Å². The molecule has 0 aliphatic heterocycles. The second-order valence-electron chi connectivity index (χ2n) is 10.8. The fourth-order valence-corrected chi connectivity index (χ4v) is 7.32. The Balaban J connectivity index is 1.14. The molecule has 202 valence electrons. The van der Waals surface area contributed by atoms with E-state index in [9.17, 15) is 0 Å². The van der Waals surface area contributed by atoms with Crippen LogP contribution in [0.3, 0.4) is 0 Å². The predicted octanol–water partition coefficient (Wildman–Crippen LogP) is 11.6. The lowest BCUT2D eigenvalue weighted by atomic mass is 10.0. The molecular weight excluding hydrogens is 545 g/mol. The summed E-state index contributed by atoms with van der Waals surface area (Å²) in [7, 11) is 0. The molecule has 0 saturated heterocycles. The van der Waals surface area contributed by atoms with Gasteiger partial charge in [0.2, 0.25) is 0 Å². The molecule has 2 aromatic heterocycles. The maximum absolute atomic E-state index is 6.11. The number of benzene rings is 7. The Morgan fingerprint density at radius 3 is 2.07 bits per heavy atom. The summed E-state index contributed by atoms with van der Waals surface area (Å²) >= 11 is 1.76. The molecule has 9 rings (SSSR count). The lowest BCUT2D eigenvalue weighted by molar-refractivity contribution is 0.669. The van der Waals surface area contributed by atoms with Gasteiger partial charge in [-0.05, 0) is 82.9 Å². The fraction of sp³-hybridized carbons (Fsp3) is 0. The van der Waals surface area contributed by atoms with Crippen molar-refractivity contribution in [3.05, 3.63) is 146 Å². The molecule has 4 heteroatoms. The summed E-state index contributed by atoms with van der Waals surface area (Å²) in [6.45, 7) is 0. The summed E-state index contributed by atoms with van der Waals surface area (Å²) in [4.78, 5) is 7.35. The first kappa shape index (κ1) is 24.2. The van der Waals surface area contributed by atoms with Gasteiger partial charge in [0, 0.05) is 38.8 Å². The third-order valence-corrected chi connectivity index (χ3v) is 9.44. The SMILES string of the molecule is c1ccc(N(c2ccc(-c3nc4ccc5c6ccccc6ccc5c4s3)cc2)c2ccc3oc4ccccc4c3c2)cc1. The van der Waals surface area contributed by atoms with Crippen molar-refractivity contribution >= 4 is 82.1 Å². The maximum Gasteiger partial charge on any atom is 0.135 e. The normalized spacial score (nSPS) is 11.7. The number of aromatic nitrogens is 1. The van der Waals surface area contributed by atoms with E-state index < -0.39 is 0 Å². The van der Waals surface area contributed by atoms with Crippen LogP contribution in [-0.2, 0) is 0 Å². The number of para-hydroxylation sites is 2. The molecule has 7 aromatic carbocycles. The van der Waals surface area contributed by atoms with Gasteiger partial charge in [0.15, 0.2) is 0 Å². The number of hydrogen-bond donors (Lipinski definition) is 0. The first-order valence-corrected chi connectivity index (χ1v) is 15.2. The Kier molecular flexibility index (Phi) is 5.37. The minimum Gasteiger partial charge on any atom is -0.456 e. The van der Waals surface area contributed by atoms with Crippen molar-refractivity contribution in [2.24, 2.45) is 0 Å². The molecule has 0 radical (unpaired) electrons. The lowest BCUT2D eigenvalue weighted by Gasteiger charge is -2.25. The van der Waals surface area contributed by atoms with Crippen LogP contribution in [0.5, 0.6) is 0 Å². The van der Waals surface area contributed by atoms with Gasteiger partial charge in [0.05, 0.1) is 10.2 Å². The van der Waals surface area contributed by atoms with Gasteiger partial charge in [0.1, 0.15) is 16.2 Å². The zero-order chi connectivity index (χ0) is 28.3. The predicted molar refractivity (Wildman–Crippen MR) is 182 cm³/mol. The van der Waals surface area contributed by atoms with E-state index in [1.54, 1.807) is 11.3 Å². The van der Waals surface area contributed by atoms with E-state index in [0.29, 0.717) is 0 Å². The third kappa shape index (κ3) is 3.92. The molecule has 0 bridgehead atoms. The Morgan fingerprint density at radius 2 is 1.19 bits per heavy atom. The largest absolute Gasteiger partial charge is 0.456 e. The van der Waals surface area contributed by atoms with E-state index in [1.807, 2.05) is 12.1 Å². The van der Waals surface area contributed by atoms with E-state index in [2.05, 4.69) is 138 Å². The van der Waals surface area contributed by atoms with Crippen LogP contribution in [-0.4, -0.2) is 4.98 Å². The molecule has 0 unspecified atom stereocenters. The highest BCUT2D eigenvalue weighted by Gasteiger charge is 2.16. The van der Waals surface area contributed by atoms with Gasteiger partial charge in [-0.25, -0.2) is 4.98 Å². The molecule has 0 atom stereocenters. The summed E-state index contributed by atoms with van der Waals surface area (Å²) < 4.78 is 7.34. The highest BCUT2D eigenvalue weighted by atomic mass is 32.1. The quantitative estimate of drug-likeness (QED) is 0.198. The topological polar surface area (TPSA) is 29.3 Å². The molecule has 0 aliphatic carbocycles. The van der Waals surface area contributed by atoms with Gasteiger partial charge >= 0.3 is 0 Å². The van der Waals surface area contributed by atoms with Gasteiger partial charge in [0.25, 0.3) is 0 Å². The maximum atomic E-state index is 6.11. The van der Waals surface area contributed by atoms with E-state index in [0.717, 1.165) is 55.1 Å². The highest BCUT2D eigenvalue weighted by molar-refractivity contribution is 7.22. The molecule has 0 spiro atoms. The van der Waals surface area contributed by atoms with Crippen molar-refractivity contribution in [2.75, 3.05) is 4.90 Å². The van der Waals surface area contributed by atoms with Crippen molar-refractivity contribution in [3.8, 4) is 10.6 Å². The van der Waals surface area contributed by atoms with Crippen LogP contribution in [0.25, 0.3) is 64.3 Å². The monoisotopic (exact) mass is 568 g/mol. The standard InChI is InChI=1S/C39H24N2OS/c1-2-9-27(10-3-1)41(29-19-23-37-34(24-29)32-12-6-7-13-36(32)42-37)28-17-14-26(15-18-28)39-40-35-22-21-31-30-11-5-4-8-25(30)16-20-33(31)38(35)43-39/h1-24H. The Labute approximate surface area is 251 Å². The molecule has 0 N–H and O–H groups in total. The van der Waals surface area contributed by atoms with Crippen LogP contribution in [0.4, 0.5) is 17.1 Å². The Morgan fingerprint density at radius 1 is 0.488 bits per heavy atom. The van der Waals surface area contributed by atoms with E-state index in [1.165, 1.54) is 26.2 Å². The number of hydrogen-bond acceptors (Lipinski definition) is 4. The molecule has 2 heterocycles. The number of thiazole rings is 1. The van der Waals surface area contributed by atoms with Gasteiger partial charge in [-0.3, -0.25) is 0 Å². The molecule has 0 fully saturated rings. The van der Waals surface area contributed by atoms with Crippen LogP contribution >= 0.6 is 11.3 Å². The highest BCUT2D eigenvalue weighted by Crippen LogP contribution is 2.41. The van der Waals surface area contributed by atoms with Gasteiger partial charge in [-0.2, -0.15) is 0 Å². The Bertz CT molecular complexity index is 2460. The zero-order valence-electron chi connectivity index (χ0n) is 23.1. The summed E-state index contributed by atoms with van der Waals surface area (Å²) in [5.74, 6) is 0. The second-order valence-corrected chi connectivity index (χ2v) is 11.8. The summed E-state index contributed by atoms with van der Waals surface area (Å²) in [5, 5.41) is 8.34. The summed E-state index contributed by atoms with van der Waals surface area (Å²) in [5.41, 5.74) is 7.21. The van der Waals surface area contributed by atoms with E-state index in [-0.39, 0.29) is 0 Å².